The van der Waals surface area contributed by atoms with Crippen molar-refractivity contribution in [3.05, 3.63) is 0 Å². The molecule has 0 aromatic carbocycles. The van der Waals surface area contributed by atoms with Crippen LogP contribution in [-0.4, -0.2) is 34.7 Å². The number of carbonyl (C=O) groups excluding carboxylic acids is 1. The Morgan fingerprint density at radius 1 is 1.36 bits per heavy atom. The third-order valence-electron chi connectivity index (χ3n) is 1.47. The van der Waals surface area contributed by atoms with Crippen LogP contribution in [0.5, 0.6) is 0 Å². The number of carbonyl (C=O) groups is 2. The normalized spacial score (nSPS) is 15.8. The fraction of sp³-hybridized carbons (Fsp3) is 0.750. The van der Waals surface area contributed by atoms with Gasteiger partial charge in [0.15, 0.2) is 0 Å². The lowest BCUT2D eigenvalue weighted by Crippen LogP contribution is -2.61. The summed E-state index contributed by atoms with van der Waals surface area (Å²) in [5.41, 5.74) is 7.47. The van der Waals surface area contributed by atoms with Crippen molar-refractivity contribution >= 4 is 11.9 Å². The lowest BCUT2D eigenvalue weighted by Gasteiger charge is -2.26. The standard InChI is InChI=1S/C8H16N2O4/c1-7(2,3)14-6(13)8(10,4-9)5(11)12/h4,9-10H2,1-3H3,(H,11,12)/t8-/m1/s1. The minimum absolute atomic E-state index is 0.503. The van der Waals surface area contributed by atoms with E-state index in [1.54, 1.807) is 20.8 Å². The third kappa shape index (κ3) is 2.97. The molecule has 0 aliphatic heterocycles. The van der Waals surface area contributed by atoms with Crippen molar-refractivity contribution in [1.29, 1.82) is 0 Å². The molecule has 82 valence electrons. The maximum atomic E-state index is 11.3. The predicted octanol–water partition coefficient (Wildman–Crippen LogP) is -0.931. The molecule has 0 bridgehead atoms. The number of hydrogen-bond donors (Lipinski definition) is 3. The van der Waals surface area contributed by atoms with Gasteiger partial charge < -0.3 is 21.3 Å². The van der Waals surface area contributed by atoms with E-state index in [1.807, 2.05) is 0 Å². The lowest BCUT2D eigenvalue weighted by molar-refractivity contribution is -0.168. The topological polar surface area (TPSA) is 116 Å². The minimum Gasteiger partial charge on any atom is -0.479 e. The molecule has 5 N–H and O–H groups in total. The highest BCUT2D eigenvalue weighted by Crippen LogP contribution is 2.12. The Kier molecular flexibility index (Phi) is 3.61. The van der Waals surface area contributed by atoms with E-state index in [2.05, 4.69) is 0 Å². The van der Waals surface area contributed by atoms with Gasteiger partial charge in [-0.2, -0.15) is 0 Å². The largest absolute Gasteiger partial charge is 0.479 e. The van der Waals surface area contributed by atoms with E-state index in [1.165, 1.54) is 0 Å². The van der Waals surface area contributed by atoms with Gasteiger partial charge in [-0.05, 0) is 20.8 Å². The number of rotatable bonds is 3. The Hall–Kier alpha value is -1.14. The van der Waals surface area contributed by atoms with E-state index >= 15 is 0 Å². The zero-order valence-corrected chi connectivity index (χ0v) is 8.53. The van der Waals surface area contributed by atoms with E-state index < -0.39 is 29.6 Å². The summed E-state index contributed by atoms with van der Waals surface area (Å²) in [6.07, 6.45) is 0. The van der Waals surface area contributed by atoms with Crippen molar-refractivity contribution in [2.75, 3.05) is 6.54 Å². The van der Waals surface area contributed by atoms with E-state index in [0.29, 0.717) is 0 Å². The summed E-state index contributed by atoms with van der Waals surface area (Å²) in [6, 6.07) is 0. The molecule has 0 aromatic heterocycles. The van der Waals surface area contributed by atoms with Crippen molar-refractivity contribution < 1.29 is 19.4 Å². The maximum Gasteiger partial charge on any atom is 0.339 e. The molecule has 0 aliphatic rings. The van der Waals surface area contributed by atoms with Crippen LogP contribution in [0.4, 0.5) is 0 Å². The number of carboxylic acids is 1. The Labute approximate surface area is 82.2 Å². The summed E-state index contributed by atoms with van der Waals surface area (Å²) in [4.78, 5) is 22.0. The summed E-state index contributed by atoms with van der Waals surface area (Å²) in [5.74, 6) is -2.52. The number of esters is 1. The van der Waals surface area contributed by atoms with Gasteiger partial charge in [-0.1, -0.05) is 0 Å². The van der Waals surface area contributed by atoms with E-state index in [4.69, 9.17) is 21.3 Å². The summed E-state index contributed by atoms with van der Waals surface area (Å²) in [6.45, 7) is 4.34. The molecule has 0 unspecified atom stereocenters. The highest BCUT2D eigenvalue weighted by molar-refractivity contribution is 6.04. The molecule has 0 amide bonds. The highest BCUT2D eigenvalue weighted by atomic mass is 16.6. The Balaban J connectivity index is 4.73. The fourth-order valence-corrected chi connectivity index (χ4v) is 0.627. The van der Waals surface area contributed by atoms with Crippen LogP contribution in [-0.2, 0) is 14.3 Å². The molecule has 6 nitrogen and oxygen atoms in total. The van der Waals surface area contributed by atoms with Gasteiger partial charge in [-0.3, -0.25) is 0 Å². The Morgan fingerprint density at radius 3 is 2.00 bits per heavy atom. The van der Waals surface area contributed by atoms with Crippen molar-refractivity contribution in [2.24, 2.45) is 11.5 Å². The first-order chi connectivity index (χ1) is 6.13. The van der Waals surface area contributed by atoms with Crippen molar-refractivity contribution in [3.63, 3.8) is 0 Å². The fourth-order valence-electron chi connectivity index (χ4n) is 0.627. The molecule has 0 saturated heterocycles. The van der Waals surface area contributed by atoms with Gasteiger partial charge in [0, 0.05) is 6.54 Å². The van der Waals surface area contributed by atoms with Gasteiger partial charge in [0.25, 0.3) is 0 Å². The van der Waals surface area contributed by atoms with Gasteiger partial charge in [0.05, 0.1) is 0 Å². The van der Waals surface area contributed by atoms with Crippen molar-refractivity contribution in [2.45, 2.75) is 31.9 Å². The predicted molar refractivity (Wildman–Crippen MR) is 49.5 cm³/mol. The van der Waals surface area contributed by atoms with Crippen LogP contribution < -0.4 is 11.5 Å². The molecular formula is C8H16N2O4. The molecule has 0 fully saturated rings. The summed E-state index contributed by atoms with van der Waals surface area (Å²) in [7, 11) is 0. The van der Waals surface area contributed by atoms with Crippen LogP contribution in [0.25, 0.3) is 0 Å². The summed E-state index contributed by atoms with van der Waals surface area (Å²) in [5, 5.41) is 8.69. The first-order valence-corrected chi connectivity index (χ1v) is 4.09. The van der Waals surface area contributed by atoms with E-state index in [-0.39, 0.29) is 0 Å². The second-order valence-electron chi connectivity index (χ2n) is 3.98. The number of hydrogen-bond acceptors (Lipinski definition) is 5. The van der Waals surface area contributed by atoms with E-state index in [9.17, 15) is 9.59 Å². The summed E-state index contributed by atoms with van der Waals surface area (Å²) >= 11 is 0. The van der Waals surface area contributed by atoms with Crippen molar-refractivity contribution in [1.82, 2.24) is 0 Å². The zero-order valence-electron chi connectivity index (χ0n) is 8.53. The van der Waals surface area contributed by atoms with Crippen LogP contribution >= 0.6 is 0 Å². The first-order valence-electron chi connectivity index (χ1n) is 4.09. The quantitative estimate of drug-likeness (QED) is 0.404. The highest BCUT2D eigenvalue weighted by Gasteiger charge is 2.44. The molecule has 0 aromatic rings. The van der Waals surface area contributed by atoms with Crippen LogP contribution in [0.2, 0.25) is 0 Å². The monoisotopic (exact) mass is 204 g/mol. The number of aliphatic carboxylic acids is 1. The minimum atomic E-state index is -2.16. The van der Waals surface area contributed by atoms with Gasteiger partial charge in [0.2, 0.25) is 5.54 Å². The third-order valence-corrected chi connectivity index (χ3v) is 1.47. The average Bonchev–Trinajstić information content (AvgIpc) is 1.99. The summed E-state index contributed by atoms with van der Waals surface area (Å²) < 4.78 is 4.83. The number of carboxylic acid groups (broad SMARTS) is 1. The van der Waals surface area contributed by atoms with Crippen LogP contribution in [0.3, 0.4) is 0 Å². The second kappa shape index (κ2) is 3.93. The SMILES string of the molecule is CC(C)(C)OC(=O)[C@@](N)(CN)C(=O)O. The lowest BCUT2D eigenvalue weighted by atomic mass is 10.0. The van der Waals surface area contributed by atoms with Crippen molar-refractivity contribution in [3.8, 4) is 0 Å². The molecule has 0 spiro atoms. The molecule has 0 saturated carbocycles. The van der Waals surface area contributed by atoms with Gasteiger partial charge in [0.1, 0.15) is 5.60 Å². The van der Waals surface area contributed by atoms with Crippen LogP contribution in [0.1, 0.15) is 20.8 Å². The molecule has 0 rings (SSSR count). The first kappa shape index (κ1) is 12.9. The molecule has 0 aliphatic carbocycles. The van der Waals surface area contributed by atoms with Crippen LogP contribution in [0, 0.1) is 0 Å². The molecular weight excluding hydrogens is 188 g/mol. The smallest absolute Gasteiger partial charge is 0.339 e. The molecule has 0 heterocycles. The number of nitrogens with two attached hydrogens (primary N) is 2. The molecule has 14 heavy (non-hydrogen) atoms. The van der Waals surface area contributed by atoms with E-state index in [0.717, 1.165) is 0 Å². The second-order valence-corrected chi connectivity index (χ2v) is 3.98. The Morgan fingerprint density at radius 2 is 1.79 bits per heavy atom. The molecule has 6 heteroatoms. The van der Waals surface area contributed by atoms with Crippen LogP contribution in [0.15, 0.2) is 0 Å². The maximum absolute atomic E-state index is 11.3. The average molecular weight is 204 g/mol. The van der Waals surface area contributed by atoms with Gasteiger partial charge in [-0.15, -0.1) is 0 Å². The van der Waals surface area contributed by atoms with Gasteiger partial charge >= 0.3 is 11.9 Å². The zero-order chi connectivity index (χ0) is 11.6. The van der Waals surface area contributed by atoms with Gasteiger partial charge in [-0.25, -0.2) is 9.59 Å². The Bertz CT molecular complexity index is 246. The number of ether oxygens (including phenoxy) is 1. The molecule has 0 radical (unpaired) electrons. The molecule has 1 atom stereocenters.